The topological polar surface area (TPSA) is 38.3 Å². The van der Waals surface area contributed by atoms with E-state index >= 15 is 0 Å². The van der Waals surface area contributed by atoms with Gasteiger partial charge in [-0.1, -0.05) is 57.5 Å². The molecule has 122 valence electrons. The molecule has 1 aliphatic carbocycles. The molecule has 1 aromatic rings. The Balaban J connectivity index is 1.77. The third kappa shape index (κ3) is 5.04. The predicted octanol–water partition coefficient (Wildman–Crippen LogP) is 4.42. The van der Waals surface area contributed by atoms with E-state index < -0.39 is 0 Å². The number of nitrogens with one attached hydrogen (secondary N) is 1. The molecular formula is C19H29NO2. The van der Waals surface area contributed by atoms with Crippen LogP contribution in [0.15, 0.2) is 30.3 Å². The molecule has 1 aromatic carbocycles. The molecule has 1 aliphatic rings. The van der Waals surface area contributed by atoms with Crippen molar-refractivity contribution in [1.82, 2.24) is 5.32 Å². The molecule has 1 amide bonds. The lowest BCUT2D eigenvalue weighted by atomic mass is 9.75. The SMILES string of the molecule is CC1CCC(C(C)C)C(OC(=O)NCCc2ccccc2)C1. The fourth-order valence-electron chi connectivity index (χ4n) is 3.38. The predicted molar refractivity (Wildman–Crippen MR) is 89.8 cm³/mol. The summed E-state index contributed by atoms with van der Waals surface area (Å²) in [7, 11) is 0. The molecule has 1 saturated carbocycles. The largest absolute Gasteiger partial charge is 0.446 e. The molecule has 22 heavy (non-hydrogen) atoms. The summed E-state index contributed by atoms with van der Waals surface area (Å²) in [5, 5.41) is 2.89. The van der Waals surface area contributed by atoms with Gasteiger partial charge >= 0.3 is 6.09 Å². The Morgan fingerprint density at radius 1 is 1.27 bits per heavy atom. The van der Waals surface area contributed by atoms with Gasteiger partial charge in [-0.2, -0.15) is 0 Å². The van der Waals surface area contributed by atoms with E-state index in [1.165, 1.54) is 18.4 Å². The molecule has 2 rings (SSSR count). The molecule has 0 radical (unpaired) electrons. The molecule has 0 aromatic heterocycles. The van der Waals surface area contributed by atoms with Crippen LogP contribution in [0.25, 0.3) is 0 Å². The Kier molecular flexibility index (Phi) is 6.29. The smallest absolute Gasteiger partial charge is 0.407 e. The summed E-state index contributed by atoms with van der Waals surface area (Å²) in [5.74, 6) is 1.71. The van der Waals surface area contributed by atoms with Gasteiger partial charge in [0, 0.05) is 6.54 Å². The van der Waals surface area contributed by atoms with E-state index in [-0.39, 0.29) is 12.2 Å². The van der Waals surface area contributed by atoms with Crippen LogP contribution in [-0.2, 0) is 11.2 Å². The third-order valence-electron chi connectivity index (χ3n) is 4.75. The summed E-state index contributed by atoms with van der Waals surface area (Å²) in [6, 6.07) is 10.2. The summed E-state index contributed by atoms with van der Waals surface area (Å²) < 4.78 is 5.72. The van der Waals surface area contributed by atoms with Gasteiger partial charge in [-0.05, 0) is 42.6 Å². The maximum atomic E-state index is 12.0. The molecule has 3 heteroatoms. The fourth-order valence-corrected chi connectivity index (χ4v) is 3.38. The van der Waals surface area contributed by atoms with E-state index in [1.54, 1.807) is 0 Å². The van der Waals surface area contributed by atoms with Crippen molar-refractivity contribution in [3.05, 3.63) is 35.9 Å². The normalized spacial score (nSPS) is 25.0. The van der Waals surface area contributed by atoms with Gasteiger partial charge < -0.3 is 10.1 Å². The summed E-state index contributed by atoms with van der Waals surface area (Å²) >= 11 is 0. The minimum Gasteiger partial charge on any atom is -0.446 e. The molecule has 3 atom stereocenters. The molecule has 0 heterocycles. The van der Waals surface area contributed by atoms with Crippen LogP contribution >= 0.6 is 0 Å². The summed E-state index contributed by atoms with van der Waals surface area (Å²) in [6.45, 7) is 7.33. The standard InChI is InChI=1S/C19H29NO2/c1-14(2)17-10-9-15(3)13-18(17)22-19(21)20-12-11-16-7-5-4-6-8-16/h4-8,14-15,17-18H,9-13H2,1-3H3,(H,20,21). The number of alkyl carbamates (subject to hydrolysis) is 1. The highest BCUT2D eigenvalue weighted by molar-refractivity contribution is 5.67. The molecule has 0 saturated heterocycles. The summed E-state index contributed by atoms with van der Waals surface area (Å²) in [5.41, 5.74) is 1.23. The van der Waals surface area contributed by atoms with Crippen LogP contribution in [0.1, 0.15) is 45.6 Å². The molecule has 3 nitrogen and oxygen atoms in total. The quantitative estimate of drug-likeness (QED) is 0.874. The van der Waals surface area contributed by atoms with Crippen LogP contribution in [0.4, 0.5) is 4.79 Å². The van der Waals surface area contributed by atoms with Crippen LogP contribution in [0.2, 0.25) is 0 Å². The van der Waals surface area contributed by atoms with Gasteiger partial charge in [0.25, 0.3) is 0 Å². The van der Waals surface area contributed by atoms with Crippen molar-refractivity contribution < 1.29 is 9.53 Å². The Bertz CT molecular complexity index is 458. The Hall–Kier alpha value is -1.51. The number of benzene rings is 1. The second-order valence-corrected chi connectivity index (χ2v) is 6.93. The van der Waals surface area contributed by atoms with E-state index in [0.29, 0.717) is 24.3 Å². The molecule has 3 unspecified atom stereocenters. The van der Waals surface area contributed by atoms with Gasteiger partial charge in [0.2, 0.25) is 0 Å². The first-order chi connectivity index (χ1) is 10.6. The lowest BCUT2D eigenvalue weighted by molar-refractivity contribution is 0.00631. The molecule has 1 fully saturated rings. The van der Waals surface area contributed by atoms with Crippen molar-refractivity contribution in [3.63, 3.8) is 0 Å². The Labute approximate surface area is 134 Å². The van der Waals surface area contributed by atoms with Gasteiger partial charge in [0.05, 0.1) is 0 Å². The van der Waals surface area contributed by atoms with Crippen LogP contribution in [0, 0.1) is 17.8 Å². The van der Waals surface area contributed by atoms with Crippen molar-refractivity contribution in [2.45, 2.75) is 52.6 Å². The average molecular weight is 303 g/mol. The maximum Gasteiger partial charge on any atom is 0.407 e. The second-order valence-electron chi connectivity index (χ2n) is 6.93. The van der Waals surface area contributed by atoms with Gasteiger partial charge in [-0.25, -0.2) is 4.79 Å². The molecular weight excluding hydrogens is 274 g/mol. The third-order valence-corrected chi connectivity index (χ3v) is 4.75. The lowest BCUT2D eigenvalue weighted by Gasteiger charge is -2.36. The number of rotatable bonds is 5. The van der Waals surface area contributed by atoms with Crippen molar-refractivity contribution in [2.24, 2.45) is 17.8 Å². The zero-order valence-electron chi connectivity index (χ0n) is 14.0. The minimum atomic E-state index is -0.263. The second kappa shape index (κ2) is 8.21. The van der Waals surface area contributed by atoms with E-state index in [0.717, 1.165) is 12.8 Å². The van der Waals surface area contributed by atoms with Gasteiger partial charge in [-0.15, -0.1) is 0 Å². The fraction of sp³-hybridized carbons (Fsp3) is 0.632. The Morgan fingerprint density at radius 2 is 2.00 bits per heavy atom. The van der Waals surface area contributed by atoms with Crippen LogP contribution < -0.4 is 5.32 Å². The van der Waals surface area contributed by atoms with E-state index in [4.69, 9.17) is 4.74 Å². The highest BCUT2D eigenvalue weighted by Crippen LogP contribution is 2.35. The van der Waals surface area contributed by atoms with Gasteiger partial charge in [-0.3, -0.25) is 0 Å². The monoisotopic (exact) mass is 303 g/mol. The number of hydrogen-bond donors (Lipinski definition) is 1. The summed E-state index contributed by atoms with van der Waals surface area (Å²) in [4.78, 5) is 12.0. The number of ether oxygens (including phenoxy) is 1. The van der Waals surface area contributed by atoms with E-state index in [2.05, 4.69) is 38.2 Å². The van der Waals surface area contributed by atoms with E-state index in [1.807, 2.05) is 18.2 Å². The first-order valence-electron chi connectivity index (χ1n) is 8.54. The highest BCUT2D eigenvalue weighted by atomic mass is 16.6. The zero-order chi connectivity index (χ0) is 15.9. The van der Waals surface area contributed by atoms with Crippen LogP contribution in [-0.4, -0.2) is 18.7 Å². The molecule has 0 bridgehead atoms. The lowest BCUT2D eigenvalue weighted by Crippen LogP contribution is -2.39. The van der Waals surface area contributed by atoms with Crippen molar-refractivity contribution in [1.29, 1.82) is 0 Å². The first kappa shape index (κ1) is 16.9. The number of carbonyl (C=O) groups is 1. The van der Waals surface area contributed by atoms with E-state index in [9.17, 15) is 4.79 Å². The molecule has 1 N–H and O–H groups in total. The highest BCUT2D eigenvalue weighted by Gasteiger charge is 2.33. The molecule has 0 spiro atoms. The van der Waals surface area contributed by atoms with Crippen molar-refractivity contribution in [3.8, 4) is 0 Å². The minimum absolute atomic E-state index is 0.0699. The van der Waals surface area contributed by atoms with Crippen LogP contribution in [0.5, 0.6) is 0 Å². The number of hydrogen-bond acceptors (Lipinski definition) is 2. The molecule has 0 aliphatic heterocycles. The Morgan fingerprint density at radius 3 is 2.68 bits per heavy atom. The summed E-state index contributed by atoms with van der Waals surface area (Å²) in [6.07, 6.45) is 4.06. The number of carbonyl (C=O) groups excluding carboxylic acids is 1. The van der Waals surface area contributed by atoms with Gasteiger partial charge in [0.15, 0.2) is 0 Å². The first-order valence-corrected chi connectivity index (χ1v) is 8.54. The van der Waals surface area contributed by atoms with Gasteiger partial charge in [0.1, 0.15) is 6.10 Å². The zero-order valence-corrected chi connectivity index (χ0v) is 14.0. The average Bonchev–Trinajstić information content (AvgIpc) is 2.48. The van der Waals surface area contributed by atoms with Crippen LogP contribution in [0.3, 0.4) is 0 Å². The number of amides is 1. The van der Waals surface area contributed by atoms with Crippen molar-refractivity contribution >= 4 is 6.09 Å². The van der Waals surface area contributed by atoms with Crippen molar-refractivity contribution in [2.75, 3.05) is 6.54 Å². The maximum absolute atomic E-state index is 12.0.